The molecule has 32 heavy (non-hydrogen) atoms. The molecule has 0 saturated heterocycles. The second-order valence-corrected chi connectivity index (χ2v) is 7.16. The number of benzene rings is 2. The van der Waals surface area contributed by atoms with Crippen molar-refractivity contribution < 1.29 is 19.4 Å². The molecule has 2 aromatic heterocycles. The third-order valence-electron chi connectivity index (χ3n) is 5.05. The number of carboxylic acid groups (broad SMARTS) is 1. The zero-order valence-electron chi connectivity index (χ0n) is 17.6. The Balaban J connectivity index is 1.65. The topological polar surface area (TPSA) is 124 Å². The van der Waals surface area contributed by atoms with E-state index in [0.717, 1.165) is 28.2 Å². The summed E-state index contributed by atoms with van der Waals surface area (Å²) in [7, 11) is 3.18. The Hall–Kier alpha value is -4.11. The molecule has 1 atom stereocenters. The van der Waals surface area contributed by atoms with E-state index in [4.69, 9.17) is 25.3 Å². The van der Waals surface area contributed by atoms with Crippen LogP contribution in [0.1, 0.15) is 5.56 Å². The molecule has 9 heteroatoms. The standard InChI is InChI=1S/C23H23N5O4/c1-31-19-8-5-15(12-20(19)32-2)18-13-21-25-9-10-28(21)23(27-18)26-16-6-3-14(4-7-16)11-17(24)22(29)30/h3-10,12-13,17H,11,24H2,1-2H3,(H,26,27)(H,29,30). The van der Waals surface area contributed by atoms with Crippen molar-refractivity contribution in [2.24, 2.45) is 5.73 Å². The molecule has 0 saturated carbocycles. The highest BCUT2D eigenvalue weighted by Gasteiger charge is 2.13. The number of fused-ring (bicyclic) bond motifs is 1. The highest BCUT2D eigenvalue weighted by Crippen LogP contribution is 2.32. The molecule has 0 radical (unpaired) electrons. The molecule has 0 amide bonds. The van der Waals surface area contributed by atoms with Crippen molar-refractivity contribution in [3.8, 4) is 22.8 Å². The third-order valence-corrected chi connectivity index (χ3v) is 5.05. The van der Waals surface area contributed by atoms with Crippen molar-refractivity contribution in [1.29, 1.82) is 0 Å². The number of nitrogens with one attached hydrogen (secondary N) is 1. The number of hydrogen-bond acceptors (Lipinski definition) is 7. The average molecular weight is 433 g/mol. The van der Waals surface area contributed by atoms with Crippen LogP contribution in [0.25, 0.3) is 16.9 Å². The number of methoxy groups -OCH3 is 2. The minimum atomic E-state index is -1.02. The van der Waals surface area contributed by atoms with Gasteiger partial charge in [-0.15, -0.1) is 0 Å². The number of aliphatic carboxylic acids is 1. The second-order valence-electron chi connectivity index (χ2n) is 7.16. The van der Waals surface area contributed by atoms with Crippen LogP contribution in [0.2, 0.25) is 0 Å². The van der Waals surface area contributed by atoms with E-state index in [0.29, 0.717) is 17.4 Å². The molecule has 0 aliphatic rings. The first-order valence-electron chi connectivity index (χ1n) is 9.89. The van der Waals surface area contributed by atoms with E-state index in [2.05, 4.69) is 10.3 Å². The second kappa shape index (κ2) is 8.94. The lowest BCUT2D eigenvalue weighted by Gasteiger charge is -2.13. The monoisotopic (exact) mass is 433 g/mol. The fourth-order valence-corrected chi connectivity index (χ4v) is 3.35. The van der Waals surface area contributed by atoms with Gasteiger partial charge >= 0.3 is 5.97 Å². The summed E-state index contributed by atoms with van der Waals surface area (Å²) in [6.07, 6.45) is 3.79. The average Bonchev–Trinajstić information content (AvgIpc) is 3.29. The van der Waals surface area contributed by atoms with Gasteiger partial charge in [0.15, 0.2) is 11.5 Å². The van der Waals surface area contributed by atoms with Gasteiger partial charge in [0, 0.05) is 29.7 Å². The van der Waals surface area contributed by atoms with Crippen LogP contribution in [-0.2, 0) is 11.2 Å². The molecule has 4 rings (SSSR count). The number of nitrogens with two attached hydrogens (primary N) is 1. The SMILES string of the molecule is COc1ccc(-c2cc3nccn3c(Nc3ccc(CC(N)C(=O)O)cc3)n2)cc1OC. The molecule has 1 unspecified atom stereocenters. The molecule has 4 N–H and O–H groups in total. The fraction of sp³-hybridized carbons (Fsp3) is 0.174. The zero-order chi connectivity index (χ0) is 22.7. The predicted molar refractivity (Wildman–Crippen MR) is 121 cm³/mol. The summed E-state index contributed by atoms with van der Waals surface area (Å²) in [4.78, 5) is 20.2. The van der Waals surface area contributed by atoms with E-state index in [1.54, 1.807) is 20.4 Å². The normalized spacial score (nSPS) is 11.8. The molecule has 9 nitrogen and oxygen atoms in total. The molecule has 4 aromatic rings. The van der Waals surface area contributed by atoms with Gasteiger partial charge in [-0.05, 0) is 42.3 Å². The van der Waals surface area contributed by atoms with Gasteiger partial charge < -0.3 is 25.6 Å². The van der Waals surface area contributed by atoms with Crippen LogP contribution in [0, 0.1) is 0 Å². The summed E-state index contributed by atoms with van der Waals surface area (Å²) in [6.45, 7) is 0. The Morgan fingerprint density at radius 3 is 2.56 bits per heavy atom. The van der Waals surface area contributed by atoms with Gasteiger partial charge in [0.2, 0.25) is 5.95 Å². The van der Waals surface area contributed by atoms with Crippen LogP contribution in [0.4, 0.5) is 11.6 Å². The van der Waals surface area contributed by atoms with E-state index >= 15 is 0 Å². The molecule has 2 aromatic carbocycles. The quantitative estimate of drug-likeness (QED) is 0.387. The van der Waals surface area contributed by atoms with Gasteiger partial charge in [-0.25, -0.2) is 9.97 Å². The van der Waals surface area contributed by atoms with Crippen molar-refractivity contribution in [1.82, 2.24) is 14.4 Å². The minimum absolute atomic E-state index is 0.258. The number of hydrogen-bond donors (Lipinski definition) is 3. The molecular formula is C23H23N5O4. The smallest absolute Gasteiger partial charge is 0.320 e. The molecule has 0 aliphatic heterocycles. The first kappa shape index (κ1) is 21.1. The number of anilines is 2. The lowest BCUT2D eigenvalue weighted by molar-refractivity contribution is -0.138. The Labute approximate surface area is 184 Å². The Bertz CT molecular complexity index is 1250. The summed E-state index contributed by atoms with van der Waals surface area (Å²) >= 11 is 0. The molecule has 0 spiro atoms. The molecule has 2 heterocycles. The lowest BCUT2D eigenvalue weighted by atomic mass is 10.1. The van der Waals surface area contributed by atoms with E-state index < -0.39 is 12.0 Å². The van der Waals surface area contributed by atoms with Crippen LogP contribution >= 0.6 is 0 Å². The molecule has 0 bridgehead atoms. The van der Waals surface area contributed by atoms with Crippen molar-refractivity contribution >= 4 is 23.3 Å². The number of aromatic nitrogens is 3. The van der Waals surface area contributed by atoms with Gasteiger partial charge in [0.25, 0.3) is 0 Å². The fourth-order valence-electron chi connectivity index (χ4n) is 3.35. The highest BCUT2D eigenvalue weighted by molar-refractivity contribution is 5.73. The maximum absolute atomic E-state index is 11.0. The van der Waals surface area contributed by atoms with Crippen LogP contribution in [-0.4, -0.2) is 45.7 Å². The Kier molecular flexibility index (Phi) is 5.91. The summed E-state index contributed by atoms with van der Waals surface area (Å²) in [5.41, 5.74) is 9.56. The predicted octanol–water partition coefficient (Wildman–Crippen LogP) is 3.11. The maximum Gasteiger partial charge on any atom is 0.320 e. The van der Waals surface area contributed by atoms with Gasteiger partial charge in [-0.1, -0.05) is 12.1 Å². The van der Waals surface area contributed by atoms with E-state index in [1.165, 1.54) is 0 Å². The van der Waals surface area contributed by atoms with Crippen LogP contribution < -0.4 is 20.5 Å². The Morgan fingerprint density at radius 2 is 1.88 bits per heavy atom. The number of carbonyl (C=O) groups is 1. The third kappa shape index (κ3) is 4.33. The van der Waals surface area contributed by atoms with Crippen molar-refractivity contribution in [2.75, 3.05) is 19.5 Å². The van der Waals surface area contributed by atoms with E-state index in [-0.39, 0.29) is 6.42 Å². The number of ether oxygens (including phenoxy) is 2. The molecule has 0 fully saturated rings. The van der Waals surface area contributed by atoms with E-state index in [9.17, 15) is 4.79 Å². The molecule has 164 valence electrons. The molecule has 0 aliphatic carbocycles. The van der Waals surface area contributed by atoms with Crippen LogP contribution in [0.15, 0.2) is 60.9 Å². The zero-order valence-corrected chi connectivity index (χ0v) is 17.6. The minimum Gasteiger partial charge on any atom is -0.493 e. The maximum atomic E-state index is 11.0. The highest BCUT2D eigenvalue weighted by atomic mass is 16.5. The van der Waals surface area contributed by atoms with Crippen molar-refractivity contribution in [2.45, 2.75) is 12.5 Å². The summed E-state index contributed by atoms with van der Waals surface area (Å²) < 4.78 is 12.6. The number of rotatable bonds is 8. The summed E-state index contributed by atoms with van der Waals surface area (Å²) in [5, 5.41) is 12.3. The Morgan fingerprint density at radius 1 is 1.12 bits per heavy atom. The largest absolute Gasteiger partial charge is 0.493 e. The number of nitrogens with zero attached hydrogens (tertiary/aromatic N) is 3. The summed E-state index contributed by atoms with van der Waals surface area (Å²) in [6, 6.07) is 14.0. The van der Waals surface area contributed by atoms with Crippen molar-refractivity contribution in [3.05, 3.63) is 66.5 Å². The van der Waals surface area contributed by atoms with Gasteiger partial charge in [0.1, 0.15) is 11.7 Å². The van der Waals surface area contributed by atoms with Gasteiger partial charge in [-0.3, -0.25) is 9.20 Å². The van der Waals surface area contributed by atoms with Gasteiger partial charge in [0.05, 0.1) is 19.9 Å². The summed E-state index contributed by atoms with van der Waals surface area (Å²) in [5.74, 6) is 0.810. The first-order valence-corrected chi connectivity index (χ1v) is 9.89. The van der Waals surface area contributed by atoms with Crippen LogP contribution in [0.5, 0.6) is 11.5 Å². The van der Waals surface area contributed by atoms with Gasteiger partial charge in [-0.2, -0.15) is 0 Å². The molecular weight excluding hydrogens is 410 g/mol. The van der Waals surface area contributed by atoms with Crippen molar-refractivity contribution in [3.63, 3.8) is 0 Å². The van der Waals surface area contributed by atoms with Crippen LogP contribution in [0.3, 0.4) is 0 Å². The number of carboxylic acids is 1. The first-order chi connectivity index (χ1) is 15.5. The lowest BCUT2D eigenvalue weighted by Crippen LogP contribution is -2.32. The van der Waals surface area contributed by atoms with E-state index in [1.807, 2.05) is 59.1 Å². The number of imidazole rings is 1.